The lowest BCUT2D eigenvalue weighted by Crippen LogP contribution is -2.22. The van der Waals surface area contributed by atoms with E-state index in [9.17, 15) is 0 Å². The number of hydrogen-bond donors (Lipinski definition) is 2. The fraction of sp³-hybridized carbons (Fsp3) is 0.286. The molecule has 2 rings (SSSR count). The topological polar surface area (TPSA) is 63.3 Å². The Morgan fingerprint density at radius 3 is 2.65 bits per heavy atom. The number of rotatable bonds is 4. The van der Waals surface area contributed by atoms with Crippen LogP contribution in [0.2, 0.25) is 0 Å². The van der Waals surface area contributed by atoms with E-state index < -0.39 is 0 Å². The lowest BCUT2D eigenvalue weighted by molar-refractivity contribution is 1.01. The third kappa shape index (κ3) is 4.05. The molecule has 1 aromatic heterocycles. The molecule has 0 saturated carbocycles. The van der Waals surface area contributed by atoms with Gasteiger partial charge in [-0.1, -0.05) is 19.1 Å². The Bertz CT molecular complexity index is 585. The summed E-state index contributed by atoms with van der Waals surface area (Å²) in [5.74, 6) is 0.401. The predicted octanol–water partition coefficient (Wildman–Crippen LogP) is 3.70. The van der Waals surface area contributed by atoms with Crippen LogP contribution in [0.15, 0.2) is 33.0 Å². The molecule has 106 valence electrons. The molecule has 0 aliphatic carbocycles. The number of aliphatic imine (C=N–C) groups is 1. The second-order valence-electron chi connectivity index (χ2n) is 4.34. The highest BCUT2D eigenvalue weighted by molar-refractivity contribution is 9.11. The first-order valence-corrected chi connectivity index (χ1v) is 7.97. The minimum atomic E-state index is 0.401. The lowest BCUT2D eigenvalue weighted by Gasteiger charge is -2.05. The number of halogens is 1. The van der Waals surface area contributed by atoms with E-state index >= 15 is 0 Å². The number of thiazole rings is 1. The number of aryl methyl sites for hydroxylation is 2. The molecule has 0 aliphatic rings. The molecule has 6 heteroatoms. The Morgan fingerprint density at radius 1 is 1.40 bits per heavy atom. The molecular formula is C14H17BrN4S. The molecule has 0 fully saturated rings. The van der Waals surface area contributed by atoms with E-state index in [2.05, 4.69) is 50.3 Å². The van der Waals surface area contributed by atoms with Crippen LogP contribution < -0.4 is 11.1 Å². The van der Waals surface area contributed by atoms with E-state index in [1.54, 1.807) is 11.3 Å². The minimum absolute atomic E-state index is 0.401. The van der Waals surface area contributed by atoms with Crippen molar-refractivity contribution in [3.63, 3.8) is 0 Å². The van der Waals surface area contributed by atoms with Gasteiger partial charge < -0.3 is 11.1 Å². The summed E-state index contributed by atoms with van der Waals surface area (Å²) in [5.41, 5.74) is 9.11. The number of guanidine groups is 1. The molecule has 0 unspecified atom stereocenters. The quantitative estimate of drug-likeness (QED) is 0.651. The van der Waals surface area contributed by atoms with Gasteiger partial charge in [0.2, 0.25) is 0 Å². The molecule has 0 bridgehead atoms. The second kappa shape index (κ2) is 6.85. The standard InChI is InChI=1S/C14H17BrN4S/c1-3-10-4-6-11(7-5-10)19-14(16)17-8-12-18-9(2)13(15)20-12/h4-7H,3,8H2,1-2H3,(H3,16,17,19). The first-order valence-electron chi connectivity index (χ1n) is 6.36. The van der Waals surface area contributed by atoms with Crippen molar-refractivity contribution in [2.75, 3.05) is 5.32 Å². The van der Waals surface area contributed by atoms with Gasteiger partial charge in [-0.3, -0.25) is 0 Å². The van der Waals surface area contributed by atoms with Crippen molar-refractivity contribution in [2.24, 2.45) is 10.7 Å². The van der Waals surface area contributed by atoms with E-state index in [0.29, 0.717) is 12.5 Å². The first-order chi connectivity index (χ1) is 9.58. The van der Waals surface area contributed by atoms with Gasteiger partial charge in [-0.25, -0.2) is 9.98 Å². The van der Waals surface area contributed by atoms with Crippen LogP contribution in [0.1, 0.15) is 23.2 Å². The van der Waals surface area contributed by atoms with E-state index in [0.717, 1.165) is 26.6 Å². The van der Waals surface area contributed by atoms with Gasteiger partial charge in [0.15, 0.2) is 5.96 Å². The van der Waals surface area contributed by atoms with Gasteiger partial charge in [-0.2, -0.15) is 0 Å². The molecule has 1 aromatic carbocycles. The van der Waals surface area contributed by atoms with Crippen LogP contribution in [-0.2, 0) is 13.0 Å². The summed E-state index contributed by atoms with van der Waals surface area (Å²) in [6.45, 7) is 4.58. The molecule has 0 spiro atoms. The average Bonchev–Trinajstić information content (AvgIpc) is 2.76. The summed E-state index contributed by atoms with van der Waals surface area (Å²) in [7, 11) is 0. The Kier molecular flexibility index (Phi) is 5.14. The van der Waals surface area contributed by atoms with Gasteiger partial charge in [0.25, 0.3) is 0 Å². The molecule has 0 radical (unpaired) electrons. The molecule has 3 N–H and O–H groups in total. The molecule has 0 atom stereocenters. The van der Waals surface area contributed by atoms with Crippen LogP contribution in [0.4, 0.5) is 5.69 Å². The van der Waals surface area contributed by atoms with Crippen molar-refractivity contribution in [3.05, 3.63) is 44.3 Å². The number of aromatic nitrogens is 1. The molecule has 20 heavy (non-hydrogen) atoms. The highest BCUT2D eigenvalue weighted by Crippen LogP contribution is 2.24. The van der Waals surface area contributed by atoms with Crippen molar-refractivity contribution in [3.8, 4) is 0 Å². The fourth-order valence-corrected chi connectivity index (χ4v) is 3.02. The van der Waals surface area contributed by atoms with Gasteiger partial charge in [0.1, 0.15) is 5.01 Å². The van der Waals surface area contributed by atoms with Gasteiger partial charge in [-0.15, -0.1) is 11.3 Å². The van der Waals surface area contributed by atoms with Crippen molar-refractivity contribution >= 4 is 38.9 Å². The molecule has 2 aromatic rings. The van der Waals surface area contributed by atoms with Crippen LogP contribution in [0.5, 0.6) is 0 Å². The fourth-order valence-electron chi connectivity index (χ4n) is 1.66. The third-order valence-corrected chi connectivity index (χ3v) is 4.79. The Balaban J connectivity index is 1.96. The highest BCUT2D eigenvalue weighted by Gasteiger charge is 2.04. The van der Waals surface area contributed by atoms with Crippen LogP contribution >= 0.6 is 27.3 Å². The Hall–Kier alpha value is -1.40. The Labute approximate surface area is 131 Å². The summed E-state index contributed by atoms with van der Waals surface area (Å²) in [6, 6.07) is 8.17. The maximum Gasteiger partial charge on any atom is 0.193 e. The van der Waals surface area contributed by atoms with Gasteiger partial charge >= 0.3 is 0 Å². The smallest absolute Gasteiger partial charge is 0.193 e. The van der Waals surface area contributed by atoms with Crippen molar-refractivity contribution < 1.29 is 0 Å². The summed E-state index contributed by atoms with van der Waals surface area (Å²) in [5, 5.41) is 4.02. The predicted molar refractivity (Wildman–Crippen MR) is 89.3 cm³/mol. The summed E-state index contributed by atoms with van der Waals surface area (Å²) < 4.78 is 1.05. The summed E-state index contributed by atoms with van der Waals surface area (Å²) >= 11 is 5.03. The van der Waals surface area contributed by atoms with Crippen molar-refractivity contribution in [1.29, 1.82) is 0 Å². The summed E-state index contributed by atoms with van der Waals surface area (Å²) in [4.78, 5) is 8.69. The maximum absolute atomic E-state index is 5.87. The van der Waals surface area contributed by atoms with Gasteiger partial charge in [-0.05, 0) is 47.0 Å². The zero-order valence-electron chi connectivity index (χ0n) is 11.5. The monoisotopic (exact) mass is 352 g/mol. The number of anilines is 1. The van der Waals surface area contributed by atoms with E-state index in [4.69, 9.17) is 5.73 Å². The van der Waals surface area contributed by atoms with Crippen molar-refractivity contribution in [1.82, 2.24) is 4.98 Å². The third-order valence-electron chi connectivity index (χ3n) is 2.80. The number of benzene rings is 1. The summed E-state index contributed by atoms with van der Waals surface area (Å²) in [6.07, 6.45) is 1.03. The van der Waals surface area contributed by atoms with Gasteiger partial charge in [0, 0.05) is 5.69 Å². The highest BCUT2D eigenvalue weighted by atomic mass is 79.9. The van der Waals surface area contributed by atoms with Gasteiger partial charge in [0.05, 0.1) is 16.0 Å². The van der Waals surface area contributed by atoms with Crippen LogP contribution in [0.3, 0.4) is 0 Å². The number of nitrogens with one attached hydrogen (secondary N) is 1. The molecular weight excluding hydrogens is 336 g/mol. The largest absolute Gasteiger partial charge is 0.370 e. The van der Waals surface area contributed by atoms with Crippen molar-refractivity contribution in [2.45, 2.75) is 26.8 Å². The van der Waals surface area contributed by atoms with E-state index in [-0.39, 0.29) is 0 Å². The Morgan fingerprint density at radius 2 is 2.10 bits per heavy atom. The molecule has 4 nitrogen and oxygen atoms in total. The normalized spacial score (nSPS) is 11.7. The SMILES string of the molecule is CCc1ccc(NC(N)=NCc2nc(C)c(Br)s2)cc1. The van der Waals surface area contributed by atoms with E-state index in [1.807, 2.05) is 19.1 Å². The van der Waals surface area contributed by atoms with Crippen LogP contribution in [0, 0.1) is 6.92 Å². The number of hydrogen-bond acceptors (Lipinski definition) is 3. The van der Waals surface area contributed by atoms with Crippen LogP contribution in [0.25, 0.3) is 0 Å². The van der Waals surface area contributed by atoms with Crippen LogP contribution in [-0.4, -0.2) is 10.9 Å². The molecule has 0 amide bonds. The number of nitrogens with two attached hydrogens (primary N) is 1. The lowest BCUT2D eigenvalue weighted by atomic mass is 10.1. The first kappa shape index (κ1) is 15.0. The number of nitrogens with zero attached hydrogens (tertiary/aromatic N) is 2. The maximum atomic E-state index is 5.87. The molecule has 0 saturated heterocycles. The van der Waals surface area contributed by atoms with E-state index in [1.165, 1.54) is 5.56 Å². The zero-order chi connectivity index (χ0) is 14.5. The average molecular weight is 353 g/mol. The second-order valence-corrected chi connectivity index (χ2v) is 6.75. The molecule has 1 heterocycles. The zero-order valence-corrected chi connectivity index (χ0v) is 13.9. The minimum Gasteiger partial charge on any atom is -0.370 e. The molecule has 0 aliphatic heterocycles.